The van der Waals surface area contributed by atoms with Crippen LogP contribution in [-0.2, 0) is 0 Å². The van der Waals surface area contributed by atoms with Crippen molar-refractivity contribution in [2.24, 2.45) is 0 Å². The molecule has 0 aliphatic heterocycles. The monoisotopic (exact) mass is 652 g/mol. The number of nitriles is 3. The van der Waals surface area contributed by atoms with E-state index in [0.29, 0.717) is 16.7 Å². The lowest BCUT2D eigenvalue weighted by Gasteiger charge is -2.34. The Morgan fingerprint density at radius 3 is 1.34 bits per heavy atom. The zero-order valence-corrected chi connectivity index (χ0v) is 28.0. The molecule has 0 N–H and O–H groups in total. The zero-order valence-electron chi connectivity index (χ0n) is 27.0. The molecule has 0 bridgehead atoms. The Labute approximate surface area is 291 Å². The van der Waals surface area contributed by atoms with Crippen LogP contribution in [0.15, 0.2) is 170 Å². The van der Waals surface area contributed by atoms with E-state index >= 15 is 0 Å². The van der Waals surface area contributed by atoms with Crippen LogP contribution in [0.25, 0.3) is 38.6 Å². The molecule has 8 rings (SSSR count). The van der Waals surface area contributed by atoms with Gasteiger partial charge in [0.05, 0.1) is 45.9 Å². The number of nitrogens with zero attached hydrogens (tertiary/aromatic N) is 4. The van der Waals surface area contributed by atoms with Crippen LogP contribution in [0.2, 0.25) is 0 Å². The predicted molar refractivity (Wildman–Crippen MR) is 204 cm³/mol. The summed E-state index contributed by atoms with van der Waals surface area (Å²) in [6.45, 7) is 0. The van der Waals surface area contributed by atoms with Crippen LogP contribution in [-0.4, -0.2) is 12.6 Å². The Morgan fingerprint density at radius 2 is 0.860 bits per heavy atom. The molecule has 0 aliphatic carbocycles. The van der Waals surface area contributed by atoms with Gasteiger partial charge in [-0.15, -0.1) is 0 Å². The Kier molecular flexibility index (Phi) is 7.63. The van der Waals surface area contributed by atoms with E-state index in [0.717, 1.165) is 38.6 Å². The number of hydrogen-bond donors (Lipinski definition) is 0. The molecular formula is C45H28N4Si. The third-order valence-electron chi connectivity index (χ3n) is 9.58. The van der Waals surface area contributed by atoms with Crippen molar-refractivity contribution in [2.45, 2.75) is 0 Å². The normalized spacial score (nSPS) is 11.1. The first kappa shape index (κ1) is 30.4. The topological polar surface area (TPSA) is 76.3 Å². The maximum absolute atomic E-state index is 10.3. The van der Waals surface area contributed by atoms with Crippen molar-refractivity contribution in [3.05, 3.63) is 187 Å². The highest BCUT2D eigenvalue weighted by Crippen LogP contribution is 2.35. The summed E-state index contributed by atoms with van der Waals surface area (Å²) < 4.78 is 2.12. The molecule has 50 heavy (non-hydrogen) atoms. The molecule has 1 aromatic heterocycles. The molecule has 0 aliphatic rings. The molecule has 7 aromatic carbocycles. The molecule has 4 nitrogen and oxygen atoms in total. The van der Waals surface area contributed by atoms with Crippen LogP contribution in [0.5, 0.6) is 0 Å². The summed E-state index contributed by atoms with van der Waals surface area (Å²) >= 11 is 0. The Balaban J connectivity index is 1.38. The van der Waals surface area contributed by atoms with Crippen LogP contribution >= 0.6 is 0 Å². The molecule has 0 unspecified atom stereocenters. The van der Waals surface area contributed by atoms with Crippen LogP contribution in [0.4, 0.5) is 0 Å². The van der Waals surface area contributed by atoms with E-state index in [-0.39, 0.29) is 0 Å². The van der Waals surface area contributed by atoms with E-state index in [4.69, 9.17) is 0 Å². The second-order valence-corrected chi connectivity index (χ2v) is 16.1. The molecule has 0 radical (unpaired) electrons. The van der Waals surface area contributed by atoms with Crippen molar-refractivity contribution < 1.29 is 0 Å². The average molecular weight is 653 g/mol. The third-order valence-corrected chi connectivity index (χ3v) is 14.4. The average Bonchev–Trinajstić information content (AvgIpc) is 3.52. The first-order chi connectivity index (χ1) is 24.6. The molecule has 232 valence electrons. The molecule has 0 fully saturated rings. The highest BCUT2D eigenvalue weighted by molar-refractivity contribution is 7.19. The quantitative estimate of drug-likeness (QED) is 0.138. The highest BCUT2D eigenvalue weighted by Gasteiger charge is 2.41. The number of aromatic nitrogens is 1. The lowest BCUT2D eigenvalue weighted by molar-refractivity contribution is 1.18. The van der Waals surface area contributed by atoms with E-state index in [1.807, 2.05) is 48.5 Å². The van der Waals surface area contributed by atoms with Gasteiger partial charge in [0.15, 0.2) is 8.07 Å². The molecule has 0 saturated heterocycles. The summed E-state index contributed by atoms with van der Waals surface area (Å²) in [6.07, 6.45) is 0. The Bertz CT molecular complexity index is 2510. The summed E-state index contributed by atoms with van der Waals surface area (Å²) in [5, 5.41) is 36.5. The largest absolute Gasteiger partial charge is 0.309 e. The summed E-state index contributed by atoms with van der Waals surface area (Å²) in [4.78, 5) is 0. The van der Waals surface area contributed by atoms with Gasteiger partial charge in [-0.25, -0.2) is 0 Å². The van der Waals surface area contributed by atoms with Gasteiger partial charge in [0, 0.05) is 16.5 Å². The fraction of sp³-hybridized carbons (Fsp3) is 0. The molecule has 0 atom stereocenters. The van der Waals surface area contributed by atoms with Crippen LogP contribution in [0, 0.1) is 34.0 Å². The van der Waals surface area contributed by atoms with Crippen LogP contribution in [0.1, 0.15) is 16.7 Å². The number of fused-ring (bicyclic) bond motifs is 3. The predicted octanol–water partition coefficient (Wildman–Crippen LogP) is 7.44. The minimum atomic E-state index is -2.77. The van der Waals surface area contributed by atoms with Gasteiger partial charge in [0.2, 0.25) is 0 Å². The van der Waals surface area contributed by atoms with Crippen LogP contribution < -0.4 is 20.7 Å². The summed E-state index contributed by atoms with van der Waals surface area (Å²) in [7, 11) is -2.77. The number of hydrogen-bond acceptors (Lipinski definition) is 3. The van der Waals surface area contributed by atoms with Gasteiger partial charge in [0.1, 0.15) is 0 Å². The number of benzene rings is 7. The first-order valence-corrected chi connectivity index (χ1v) is 18.4. The molecule has 8 aromatic rings. The summed E-state index contributed by atoms with van der Waals surface area (Å²) in [6, 6.07) is 65.4. The minimum Gasteiger partial charge on any atom is -0.309 e. The van der Waals surface area contributed by atoms with Gasteiger partial charge in [-0.2, -0.15) is 15.8 Å². The summed E-state index contributed by atoms with van der Waals surface area (Å²) in [5.41, 5.74) is 6.19. The smallest absolute Gasteiger partial charge is 0.179 e. The lowest BCUT2D eigenvalue weighted by atomic mass is 10.0. The Hall–Kier alpha value is -6.97. The number of rotatable bonds is 6. The second-order valence-electron chi connectivity index (χ2n) is 12.3. The molecule has 1 heterocycles. The van der Waals surface area contributed by atoms with Gasteiger partial charge in [-0.3, -0.25) is 0 Å². The SMILES string of the molecule is N#Cc1cc(-c2cccc([Si](c3ccccc3)(c3ccccc3)c3ccccc3)c2)cc(-n2c3ccc(C#N)cc3c3cc(C#N)ccc32)c1. The van der Waals surface area contributed by atoms with Gasteiger partial charge in [0.25, 0.3) is 0 Å². The highest BCUT2D eigenvalue weighted by atomic mass is 28.3. The molecular weight excluding hydrogens is 625 g/mol. The maximum Gasteiger partial charge on any atom is 0.179 e. The van der Waals surface area contributed by atoms with Crippen molar-refractivity contribution in [3.63, 3.8) is 0 Å². The van der Waals surface area contributed by atoms with E-state index in [1.54, 1.807) is 0 Å². The third kappa shape index (κ3) is 4.97. The maximum atomic E-state index is 10.3. The van der Waals surface area contributed by atoms with Crippen molar-refractivity contribution in [1.82, 2.24) is 4.57 Å². The lowest BCUT2D eigenvalue weighted by Crippen LogP contribution is -2.74. The van der Waals surface area contributed by atoms with Gasteiger partial charge < -0.3 is 4.57 Å². The van der Waals surface area contributed by atoms with Gasteiger partial charge >= 0.3 is 0 Å². The van der Waals surface area contributed by atoms with Crippen molar-refractivity contribution in [2.75, 3.05) is 0 Å². The molecule has 5 heteroatoms. The van der Waals surface area contributed by atoms with Crippen LogP contribution in [0.3, 0.4) is 0 Å². The Morgan fingerprint density at radius 1 is 0.380 bits per heavy atom. The first-order valence-electron chi connectivity index (χ1n) is 16.4. The zero-order chi connectivity index (χ0) is 34.1. The summed E-state index contributed by atoms with van der Waals surface area (Å²) in [5.74, 6) is 0. The fourth-order valence-electron chi connectivity index (χ4n) is 7.41. The van der Waals surface area contributed by atoms with E-state index in [1.165, 1.54) is 20.7 Å². The van der Waals surface area contributed by atoms with E-state index < -0.39 is 8.07 Å². The van der Waals surface area contributed by atoms with Gasteiger partial charge in [-0.05, 0) is 86.5 Å². The molecule has 0 saturated carbocycles. The van der Waals surface area contributed by atoms with E-state index in [9.17, 15) is 15.8 Å². The fourth-order valence-corrected chi connectivity index (χ4v) is 12.2. The minimum absolute atomic E-state index is 0.540. The molecule has 0 amide bonds. The van der Waals surface area contributed by atoms with E-state index in [2.05, 4.69) is 144 Å². The van der Waals surface area contributed by atoms with Gasteiger partial charge in [-0.1, -0.05) is 115 Å². The van der Waals surface area contributed by atoms with Crippen molar-refractivity contribution in [3.8, 4) is 35.0 Å². The van der Waals surface area contributed by atoms with Crippen molar-refractivity contribution >= 4 is 50.6 Å². The standard InChI is InChI=1S/C45H28N4Si/c46-29-32-19-21-44-42(25-32)43-26-33(30-47)20-22-45(43)49(44)37-24-34(31-48)23-36(27-37)35-11-10-18-41(28-35)50(38-12-4-1-5-13-38,39-14-6-2-7-15-39)40-16-8-3-9-17-40/h1-28H. The van der Waals surface area contributed by atoms with Crippen molar-refractivity contribution in [1.29, 1.82) is 15.8 Å². The second kappa shape index (κ2) is 12.6. The molecule has 0 spiro atoms.